The van der Waals surface area contributed by atoms with Gasteiger partial charge in [-0.2, -0.15) is 0 Å². The maximum Gasteiger partial charge on any atom is 0.293 e. The number of amides is 2. The van der Waals surface area contributed by atoms with Gasteiger partial charge in [-0.1, -0.05) is 0 Å². The van der Waals surface area contributed by atoms with Gasteiger partial charge in [-0.3, -0.25) is 14.5 Å². The monoisotopic (exact) mass is 507 g/mol. The van der Waals surface area contributed by atoms with Crippen molar-refractivity contribution < 1.29 is 28.9 Å². The number of imide groups is 1. The fourth-order valence-corrected chi connectivity index (χ4v) is 5.54. The summed E-state index contributed by atoms with van der Waals surface area (Å²) < 4.78 is 18.5. The van der Waals surface area contributed by atoms with Gasteiger partial charge in [0.1, 0.15) is 41.8 Å². The average Bonchev–Trinajstić information content (AvgIpc) is 3.11. The van der Waals surface area contributed by atoms with E-state index in [1.54, 1.807) is 6.08 Å². The zero-order valence-corrected chi connectivity index (χ0v) is 21.9. The fourth-order valence-electron chi connectivity index (χ4n) is 4.69. The molecule has 0 aromatic heterocycles. The molecule has 3 heterocycles. The van der Waals surface area contributed by atoms with Crippen LogP contribution >= 0.6 is 11.8 Å². The lowest BCUT2D eigenvalue weighted by molar-refractivity contribution is -0.121. The lowest BCUT2D eigenvalue weighted by Gasteiger charge is -2.37. The maximum atomic E-state index is 12.2. The molecule has 2 amide bonds. The van der Waals surface area contributed by atoms with E-state index in [-0.39, 0.29) is 11.1 Å². The van der Waals surface area contributed by atoms with Gasteiger partial charge in [0.25, 0.3) is 11.1 Å². The number of fused-ring (bicyclic) bond motifs is 2. The molecular weight excluding hydrogens is 478 g/mol. The lowest BCUT2D eigenvalue weighted by Crippen LogP contribution is -2.42. The Hall–Kier alpha value is -3.39. The quantitative estimate of drug-likeness (QED) is 0.550. The molecule has 3 aliphatic heterocycles. The van der Waals surface area contributed by atoms with Crippen LogP contribution in [0.15, 0.2) is 34.8 Å². The van der Waals surface area contributed by atoms with Crippen LogP contribution < -0.4 is 14.2 Å². The van der Waals surface area contributed by atoms with Crippen LogP contribution in [0.4, 0.5) is 4.79 Å². The largest absolute Gasteiger partial charge is 0.507 e. The van der Waals surface area contributed by atoms with Crippen molar-refractivity contribution in [2.24, 2.45) is 0 Å². The van der Waals surface area contributed by atoms with Crippen LogP contribution in [0, 0.1) is 20.8 Å². The second-order valence-corrected chi connectivity index (χ2v) is 10.8. The van der Waals surface area contributed by atoms with E-state index in [1.807, 2.05) is 52.0 Å². The molecule has 8 heteroatoms. The minimum Gasteiger partial charge on any atom is -0.507 e. The molecule has 7 nitrogen and oxygen atoms in total. The van der Waals surface area contributed by atoms with Gasteiger partial charge in [-0.25, -0.2) is 0 Å². The SMILES string of the molecule is Cc1c(C)c2c(c(C)c1O)CCC(C)(COc1ccc3c(c1)C=C(/C=C1\SC(=O)N(C)C1=O)CO3)O2. The smallest absolute Gasteiger partial charge is 0.293 e. The Balaban J connectivity index is 1.32. The van der Waals surface area contributed by atoms with Gasteiger partial charge in [-0.05, 0) is 105 Å². The summed E-state index contributed by atoms with van der Waals surface area (Å²) in [7, 11) is 1.48. The number of thioether (sulfide) groups is 1. The van der Waals surface area contributed by atoms with E-state index in [0.717, 1.165) is 74.4 Å². The summed E-state index contributed by atoms with van der Waals surface area (Å²) in [6, 6.07) is 5.65. The molecule has 1 N–H and O–H groups in total. The molecule has 1 atom stereocenters. The minimum atomic E-state index is -0.510. The Bertz CT molecular complexity index is 1360. The Labute approximate surface area is 214 Å². The normalized spacial score (nSPS) is 22.1. The molecule has 3 aliphatic rings. The number of carbonyl (C=O) groups is 2. The molecule has 0 saturated carbocycles. The van der Waals surface area contributed by atoms with Crippen molar-refractivity contribution in [2.45, 2.75) is 46.1 Å². The first-order valence-corrected chi connectivity index (χ1v) is 12.7. The van der Waals surface area contributed by atoms with E-state index in [0.29, 0.717) is 29.6 Å². The van der Waals surface area contributed by atoms with Crippen molar-refractivity contribution in [3.05, 3.63) is 62.6 Å². The highest BCUT2D eigenvalue weighted by Gasteiger charge is 2.36. The number of rotatable bonds is 4. The Morgan fingerprint density at radius 1 is 1.19 bits per heavy atom. The van der Waals surface area contributed by atoms with E-state index in [2.05, 4.69) is 0 Å². The van der Waals surface area contributed by atoms with E-state index >= 15 is 0 Å². The minimum absolute atomic E-state index is 0.280. The van der Waals surface area contributed by atoms with Crippen molar-refractivity contribution in [1.82, 2.24) is 4.90 Å². The average molecular weight is 508 g/mol. The highest BCUT2D eigenvalue weighted by atomic mass is 32.2. The number of hydrogen-bond donors (Lipinski definition) is 1. The van der Waals surface area contributed by atoms with Crippen molar-refractivity contribution in [3.8, 4) is 23.0 Å². The Kier molecular flexibility index (Phi) is 6.03. The van der Waals surface area contributed by atoms with E-state index < -0.39 is 5.60 Å². The maximum absolute atomic E-state index is 12.2. The molecule has 2 aromatic rings. The first-order chi connectivity index (χ1) is 17.1. The number of aromatic hydroxyl groups is 1. The highest BCUT2D eigenvalue weighted by molar-refractivity contribution is 8.18. The number of likely N-dealkylation sites (N-methyl/N-ethyl adjacent to an activating group) is 1. The van der Waals surface area contributed by atoms with Crippen LogP contribution in [0.1, 0.15) is 41.2 Å². The summed E-state index contributed by atoms with van der Waals surface area (Å²) >= 11 is 0.932. The molecule has 1 fully saturated rings. The third-order valence-electron chi connectivity index (χ3n) is 7.16. The van der Waals surface area contributed by atoms with E-state index in [4.69, 9.17) is 14.2 Å². The summed E-state index contributed by atoms with van der Waals surface area (Å²) in [4.78, 5) is 25.5. The van der Waals surface area contributed by atoms with Gasteiger partial charge < -0.3 is 19.3 Å². The molecule has 1 saturated heterocycles. The van der Waals surface area contributed by atoms with Crippen molar-refractivity contribution in [2.75, 3.05) is 20.3 Å². The number of benzene rings is 2. The van der Waals surface area contributed by atoms with Crippen LogP contribution in [0.3, 0.4) is 0 Å². The van der Waals surface area contributed by atoms with E-state index in [1.165, 1.54) is 7.05 Å². The first-order valence-electron chi connectivity index (χ1n) is 11.9. The number of nitrogens with zero attached hydrogens (tertiary/aromatic N) is 1. The standard InChI is InChI=1S/C28H29NO6S/c1-15-16(2)25-21(17(3)24(15)30)8-9-28(4,35-25)14-34-20-6-7-22-19(12-20)10-18(13-33-22)11-23-26(31)29(5)27(32)36-23/h6-7,10-12,30H,8-9,13-14H2,1-5H3/b23-11-. The molecule has 5 rings (SSSR count). The van der Waals surface area contributed by atoms with Crippen LogP contribution in [-0.2, 0) is 11.2 Å². The first kappa shape index (κ1) is 24.3. The van der Waals surface area contributed by atoms with Crippen molar-refractivity contribution >= 4 is 29.0 Å². The zero-order chi connectivity index (χ0) is 25.8. The highest BCUT2D eigenvalue weighted by Crippen LogP contribution is 2.43. The van der Waals surface area contributed by atoms with Crippen LogP contribution in [0.25, 0.3) is 6.08 Å². The lowest BCUT2D eigenvalue weighted by atomic mass is 9.87. The topological polar surface area (TPSA) is 85.3 Å². The molecule has 0 spiro atoms. The third kappa shape index (κ3) is 4.23. The predicted octanol–water partition coefficient (Wildman–Crippen LogP) is 5.47. The second-order valence-electron chi connectivity index (χ2n) is 9.82. The summed E-state index contributed by atoms with van der Waals surface area (Å²) in [5.41, 5.74) is 4.90. The van der Waals surface area contributed by atoms with Crippen LogP contribution in [0.5, 0.6) is 23.0 Å². The molecule has 0 aliphatic carbocycles. The van der Waals surface area contributed by atoms with E-state index in [9.17, 15) is 14.7 Å². The fraction of sp³-hybridized carbons (Fsp3) is 0.357. The summed E-state index contributed by atoms with van der Waals surface area (Å²) in [5, 5.41) is 10.1. The molecule has 188 valence electrons. The van der Waals surface area contributed by atoms with Gasteiger partial charge in [0, 0.05) is 18.2 Å². The summed E-state index contributed by atoms with van der Waals surface area (Å²) in [6.45, 7) is 8.56. The van der Waals surface area contributed by atoms with Gasteiger partial charge in [-0.15, -0.1) is 0 Å². The Morgan fingerprint density at radius 2 is 1.97 bits per heavy atom. The molecule has 0 bridgehead atoms. The number of carbonyl (C=O) groups excluding carboxylic acids is 2. The molecule has 0 radical (unpaired) electrons. The number of ether oxygens (including phenoxy) is 3. The van der Waals surface area contributed by atoms with Gasteiger partial charge in [0.15, 0.2) is 0 Å². The summed E-state index contributed by atoms with van der Waals surface area (Å²) in [6.07, 6.45) is 5.24. The Morgan fingerprint density at radius 3 is 2.69 bits per heavy atom. The van der Waals surface area contributed by atoms with Gasteiger partial charge >= 0.3 is 0 Å². The number of hydrogen-bond acceptors (Lipinski definition) is 7. The molecule has 36 heavy (non-hydrogen) atoms. The van der Waals surface area contributed by atoms with Gasteiger partial charge in [0.2, 0.25) is 0 Å². The van der Waals surface area contributed by atoms with Crippen LogP contribution in [0.2, 0.25) is 0 Å². The third-order valence-corrected chi connectivity index (χ3v) is 8.12. The molecule has 2 aromatic carbocycles. The molecular formula is C28H29NO6S. The number of phenolic OH excluding ortho intramolecular Hbond substituents is 1. The van der Waals surface area contributed by atoms with Crippen molar-refractivity contribution in [1.29, 1.82) is 0 Å². The molecule has 1 unspecified atom stereocenters. The predicted molar refractivity (Wildman–Crippen MR) is 139 cm³/mol. The second kappa shape index (κ2) is 8.92. The number of phenols is 1. The zero-order valence-electron chi connectivity index (χ0n) is 21.1. The van der Waals surface area contributed by atoms with Crippen molar-refractivity contribution in [3.63, 3.8) is 0 Å². The summed E-state index contributed by atoms with van der Waals surface area (Å²) in [5.74, 6) is 2.33. The van der Waals surface area contributed by atoms with Gasteiger partial charge in [0.05, 0.1) is 4.91 Å². The van der Waals surface area contributed by atoms with Crippen LogP contribution in [-0.4, -0.2) is 47.0 Å².